The van der Waals surface area contributed by atoms with Crippen LogP contribution >= 0.6 is 0 Å². The van der Waals surface area contributed by atoms with Gasteiger partial charge in [0.1, 0.15) is 17.4 Å². The summed E-state index contributed by atoms with van der Waals surface area (Å²) in [4.78, 5) is 0. The van der Waals surface area contributed by atoms with Gasteiger partial charge >= 0.3 is 0 Å². The summed E-state index contributed by atoms with van der Waals surface area (Å²) >= 11 is 0. The lowest BCUT2D eigenvalue weighted by molar-refractivity contribution is 0.139. The molecular formula is C16H23NO3. The number of fused-ring (bicyclic) bond motifs is 1. The largest absolute Gasteiger partial charge is 0.458 e. The molecule has 0 spiro atoms. The van der Waals surface area contributed by atoms with Crippen molar-refractivity contribution in [3.05, 3.63) is 35.6 Å². The van der Waals surface area contributed by atoms with Crippen molar-refractivity contribution in [1.29, 1.82) is 0 Å². The van der Waals surface area contributed by atoms with E-state index in [9.17, 15) is 10.2 Å². The molecule has 20 heavy (non-hydrogen) atoms. The summed E-state index contributed by atoms with van der Waals surface area (Å²) in [6.45, 7) is 8.26. The van der Waals surface area contributed by atoms with Crippen LogP contribution in [0.4, 0.5) is 0 Å². The summed E-state index contributed by atoms with van der Waals surface area (Å²) in [6.07, 6.45) is -1.30. The molecule has 2 aromatic rings. The van der Waals surface area contributed by atoms with Crippen molar-refractivity contribution in [2.24, 2.45) is 0 Å². The Morgan fingerprint density at radius 2 is 1.95 bits per heavy atom. The standard InChI is InChI=1S/C16H23NO3/c1-10(18)12-7-5-6-11-8-14(20-15(11)12)13(19)9-17-16(2,3)4/h5-8,10,13,17-19H,9H2,1-4H3/t10-,13+/m0/s1. The van der Waals surface area contributed by atoms with Crippen LogP contribution in [0, 0.1) is 0 Å². The molecule has 4 nitrogen and oxygen atoms in total. The molecule has 0 aliphatic rings. The molecule has 0 saturated heterocycles. The van der Waals surface area contributed by atoms with Crippen LogP contribution in [0.1, 0.15) is 51.2 Å². The van der Waals surface area contributed by atoms with E-state index in [0.717, 1.165) is 10.9 Å². The van der Waals surface area contributed by atoms with Gasteiger partial charge in [0, 0.05) is 23.0 Å². The summed E-state index contributed by atoms with van der Waals surface area (Å²) in [5.41, 5.74) is 1.33. The van der Waals surface area contributed by atoms with Gasteiger partial charge < -0.3 is 19.9 Å². The molecule has 0 saturated carbocycles. The molecule has 110 valence electrons. The first-order valence-electron chi connectivity index (χ1n) is 6.91. The van der Waals surface area contributed by atoms with Gasteiger partial charge in [0.25, 0.3) is 0 Å². The molecule has 0 fully saturated rings. The minimum absolute atomic E-state index is 0.0578. The Morgan fingerprint density at radius 1 is 1.25 bits per heavy atom. The molecule has 0 amide bonds. The smallest absolute Gasteiger partial charge is 0.140 e. The third-order valence-electron chi connectivity index (χ3n) is 3.20. The molecule has 1 heterocycles. The monoisotopic (exact) mass is 277 g/mol. The minimum atomic E-state index is -0.705. The van der Waals surface area contributed by atoms with Crippen molar-refractivity contribution in [2.45, 2.75) is 45.4 Å². The predicted molar refractivity (Wildman–Crippen MR) is 79.6 cm³/mol. The normalized spacial score (nSPS) is 15.5. The van der Waals surface area contributed by atoms with Gasteiger partial charge in [0.05, 0.1) is 6.10 Å². The highest BCUT2D eigenvalue weighted by Gasteiger charge is 2.18. The summed E-state index contributed by atoms with van der Waals surface area (Å²) in [6, 6.07) is 7.46. The lowest BCUT2D eigenvalue weighted by Crippen LogP contribution is -2.38. The van der Waals surface area contributed by atoms with Crippen molar-refractivity contribution < 1.29 is 14.6 Å². The van der Waals surface area contributed by atoms with E-state index in [4.69, 9.17) is 4.42 Å². The fourth-order valence-corrected chi connectivity index (χ4v) is 2.10. The van der Waals surface area contributed by atoms with Crippen LogP contribution in [-0.4, -0.2) is 22.3 Å². The van der Waals surface area contributed by atoms with Crippen LogP contribution in [0.2, 0.25) is 0 Å². The number of para-hydroxylation sites is 1. The van der Waals surface area contributed by atoms with Gasteiger partial charge in [0.2, 0.25) is 0 Å². The maximum absolute atomic E-state index is 10.2. The molecule has 1 aromatic carbocycles. The topological polar surface area (TPSA) is 65.6 Å². The number of benzene rings is 1. The molecule has 2 atom stereocenters. The average Bonchev–Trinajstić information content (AvgIpc) is 2.78. The van der Waals surface area contributed by atoms with E-state index in [0.29, 0.717) is 17.9 Å². The van der Waals surface area contributed by atoms with Gasteiger partial charge in [-0.1, -0.05) is 18.2 Å². The Morgan fingerprint density at radius 3 is 2.55 bits per heavy atom. The lowest BCUT2D eigenvalue weighted by Gasteiger charge is -2.22. The first-order chi connectivity index (χ1) is 9.28. The second kappa shape index (κ2) is 5.56. The summed E-state index contributed by atoms with van der Waals surface area (Å²) < 4.78 is 5.74. The third-order valence-corrected chi connectivity index (χ3v) is 3.20. The van der Waals surface area contributed by atoms with Crippen LogP contribution in [0.25, 0.3) is 11.0 Å². The van der Waals surface area contributed by atoms with E-state index in [1.54, 1.807) is 6.92 Å². The number of aliphatic hydroxyl groups is 2. The molecule has 4 heteroatoms. The highest BCUT2D eigenvalue weighted by molar-refractivity contribution is 5.81. The molecule has 1 aromatic heterocycles. The van der Waals surface area contributed by atoms with Crippen LogP contribution in [0.3, 0.4) is 0 Å². The van der Waals surface area contributed by atoms with E-state index in [2.05, 4.69) is 5.32 Å². The molecule has 3 N–H and O–H groups in total. The zero-order valence-electron chi connectivity index (χ0n) is 12.5. The fraction of sp³-hybridized carbons (Fsp3) is 0.500. The predicted octanol–water partition coefficient (Wildman–Crippen LogP) is 2.91. The Labute approximate surface area is 119 Å². The molecular weight excluding hydrogens is 254 g/mol. The maximum atomic E-state index is 10.2. The van der Waals surface area contributed by atoms with Crippen molar-refractivity contribution in [2.75, 3.05) is 6.54 Å². The number of aliphatic hydroxyl groups excluding tert-OH is 2. The first kappa shape index (κ1) is 15.0. The number of furan rings is 1. The van der Waals surface area contributed by atoms with E-state index >= 15 is 0 Å². The Hall–Kier alpha value is -1.36. The van der Waals surface area contributed by atoms with Gasteiger partial charge in [-0.15, -0.1) is 0 Å². The van der Waals surface area contributed by atoms with Gasteiger partial charge in [-0.05, 0) is 33.8 Å². The number of rotatable bonds is 4. The van der Waals surface area contributed by atoms with Gasteiger partial charge in [0.15, 0.2) is 0 Å². The van der Waals surface area contributed by atoms with Crippen molar-refractivity contribution in [3.8, 4) is 0 Å². The average molecular weight is 277 g/mol. The molecule has 2 rings (SSSR count). The molecule has 0 radical (unpaired) electrons. The number of nitrogens with one attached hydrogen (secondary N) is 1. The molecule has 0 aliphatic heterocycles. The highest BCUT2D eigenvalue weighted by Crippen LogP contribution is 2.29. The summed E-state index contributed by atoms with van der Waals surface area (Å²) in [5.74, 6) is 0.518. The second-order valence-electron chi connectivity index (χ2n) is 6.24. The lowest BCUT2D eigenvalue weighted by atomic mass is 10.1. The Bertz CT molecular complexity index is 581. The van der Waals surface area contributed by atoms with Crippen molar-refractivity contribution in [3.63, 3.8) is 0 Å². The number of hydrogen-bond acceptors (Lipinski definition) is 4. The van der Waals surface area contributed by atoms with Gasteiger partial charge in [-0.25, -0.2) is 0 Å². The maximum Gasteiger partial charge on any atom is 0.140 e. The van der Waals surface area contributed by atoms with Crippen LogP contribution < -0.4 is 5.32 Å². The van der Waals surface area contributed by atoms with Crippen LogP contribution in [0.15, 0.2) is 28.7 Å². The number of hydrogen-bond donors (Lipinski definition) is 3. The third kappa shape index (κ3) is 3.39. The Kier molecular flexibility index (Phi) is 4.18. The van der Waals surface area contributed by atoms with Crippen LogP contribution in [0.5, 0.6) is 0 Å². The minimum Gasteiger partial charge on any atom is -0.458 e. The fourth-order valence-electron chi connectivity index (χ4n) is 2.10. The van der Waals surface area contributed by atoms with E-state index < -0.39 is 12.2 Å². The molecule has 0 bridgehead atoms. The zero-order chi connectivity index (χ0) is 14.9. The Balaban J connectivity index is 2.25. The first-order valence-corrected chi connectivity index (χ1v) is 6.91. The van der Waals surface area contributed by atoms with Crippen LogP contribution in [-0.2, 0) is 0 Å². The molecule has 0 aliphatic carbocycles. The van der Waals surface area contributed by atoms with Crippen molar-refractivity contribution in [1.82, 2.24) is 5.32 Å². The van der Waals surface area contributed by atoms with E-state index in [1.165, 1.54) is 0 Å². The highest BCUT2D eigenvalue weighted by atomic mass is 16.4. The van der Waals surface area contributed by atoms with E-state index in [1.807, 2.05) is 45.0 Å². The molecule has 0 unspecified atom stereocenters. The quantitative estimate of drug-likeness (QED) is 0.804. The van der Waals surface area contributed by atoms with Gasteiger partial charge in [-0.2, -0.15) is 0 Å². The number of β-amino-alcohol motifs (C(OH)–C–C–N with tert-alkyl or cyclic N) is 1. The van der Waals surface area contributed by atoms with Gasteiger partial charge in [-0.3, -0.25) is 0 Å². The SMILES string of the molecule is C[C@H](O)c1cccc2cc([C@H](O)CNC(C)(C)C)oc12. The second-order valence-corrected chi connectivity index (χ2v) is 6.24. The zero-order valence-corrected chi connectivity index (χ0v) is 12.5. The summed E-state index contributed by atoms with van der Waals surface area (Å²) in [7, 11) is 0. The van der Waals surface area contributed by atoms with E-state index in [-0.39, 0.29) is 5.54 Å². The van der Waals surface area contributed by atoms with Crippen molar-refractivity contribution >= 4 is 11.0 Å². The summed E-state index contributed by atoms with van der Waals surface area (Å²) in [5, 5.41) is 24.1.